The predicted molar refractivity (Wildman–Crippen MR) is 271 cm³/mol. The van der Waals surface area contributed by atoms with E-state index in [0.29, 0.717) is 33.8 Å². The summed E-state index contributed by atoms with van der Waals surface area (Å²) in [4.78, 5) is 42.3. The standard InChI is InChI=1S/C28H20N4O3.C27H21NO3.CO2.CH4/c29-31-17-7-11-19-15(13-17)5-9-23-25(21-3-1-2-4-22(21)28(33)34)24-10-6-16-14-18(32-30)8-12-20(16)27(24)35-26(19)23;1-16-8-11-19-17(14-16)9-12-23-25(20-6-4-5-7-21(20)27(29)30)22-13-10-18(28(2)3)15-24(22)31-26(19)23;2-1-3;/h1-14,31H,29-30H2,(H,33,34);4-15H,1H2,2-3H3,(H,29,30);;1H4. The van der Waals surface area contributed by atoms with Gasteiger partial charge in [0.2, 0.25) is 5.36 Å². The van der Waals surface area contributed by atoms with Gasteiger partial charge in [0.05, 0.1) is 11.5 Å². The maximum absolute atomic E-state index is 12.2. The van der Waals surface area contributed by atoms with Gasteiger partial charge < -0.3 is 34.5 Å². The summed E-state index contributed by atoms with van der Waals surface area (Å²) in [5.41, 5.74) is 9.89. The fourth-order valence-corrected chi connectivity index (χ4v) is 8.98. The average molecular weight is 928 g/mol. The number of carboxylic acids is 2. The fourth-order valence-electron chi connectivity index (χ4n) is 8.98. The molecule has 0 amide bonds. The quantitative estimate of drug-likeness (QED) is 0.0524. The molecular weight excluding hydrogens is 883 g/mol. The number of nitrogens with zero attached hydrogens (tertiary/aromatic N) is 1. The van der Waals surface area contributed by atoms with E-state index in [0.717, 1.165) is 87.0 Å². The van der Waals surface area contributed by atoms with Crippen LogP contribution in [-0.4, -0.2) is 37.3 Å². The number of hydrogen-bond donors (Lipinski definition) is 5. The summed E-state index contributed by atoms with van der Waals surface area (Å²) in [6.45, 7) is 4.02. The van der Waals surface area contributed by atoms with E-state index in [-0.39, 0.29) is 24.7 Å². The number of carbonyl (C=O) groups excluding carboxylic acids is 3. The van der Waals surface area contributed by atoms with Gasteiger partial charge in [-0.15, -0.1) is 5.10 Å². The second-order valence-corrected chi connectivity index (χ2v) is 16.3. The number of hydrazine groups is 2. The molecular formula is C57H45N5O8. The topological polar surface area (TPSA) is 215 Å². The van der Waals surface area contributed by atoms with Crippen molar-refractivity contribution in [1.82, 2.24) is 0 Å². The molecule has 13 heteroatoms. The van der Waals surface area contributed by atoms with Crippen molar-refractivity contribution in [3.05, 3.63) is 196 Å². The Hall–Kier alpha value is -9.55. The van der Waals surface area contributed by atoms with Crippen molar-refractivity contribution in [2.75, 3.05) is 24.4 Å². The molecule has 0 spiro atoms. The highest BCUT2D eigenvalue weighted by atomic mass is 16.5. The predicted octanol–water partition coefficient (Wildman–Crippen LogP) is 6.48. The SMILES string of the molecule is C.C=c1ccc2c3c(ccc2c1)=C(c1ccccc1C(=O)[O-])c1ccc(N(C)C)cc1O3.NNc1ccc2c(ccc3c(-c4ccccc4C(=O)O)c4ccc5cc(=[NH+]N)ccc5c4oc32)c1.O=C=O. The first-order valence-corrected chi connectivity index (χ1v) is 21.4. The van der Waals surface area contributed by atoms with Gasteiger partial charge in [0.15, 0.2) is 0 Å². The number of rotatable bonds is 6. The summed E-state index contributed by atoms with van der Waals surface area (Å²) in [6.07, 6.45) is 0.250. The average Bonchev–Trinajstić information content (AvgIpc) is 3.36. The second-order valence-electron chi connectivity index (χ2n) is 16.3. The van der Waals surface area contributed by atoms with Crippen molar-refractivity contribution in [3.63, 3.8) is 0 Å². The molecule has 1 aliphatic heterocycles. The molecule has 1 aromatic heterocycles. The molecule has 7 N–H and O–H groups in total. The molecule has 0 aliphatic carbocycles. The van der Waals surface area contributed by atoms with Gasteiger partial charge in [0.1, 0.15) is 22.7 Å². The normalized spacial score (nSPS) is 11.5. The van der Waals surface area contributed by atoms with E-state index in [9.17, 15) is 19.8 Å². The summed E-state index contributed by atoms with van der Waals surface area (Å²) in [5.74, 6) is 10.4. The van der Waals surface area contributed by atoms with E-state index in [1.165, 1.54) is 0 Å². The molecule has 0 unspecified atom stereocenters. The number of anilines is 2. The van der Waals surface area contributed by atoms with Crippen LogP contribution < -0.4 is 52.8 Å². The Kier molecular flexibility index (Phi) is 13.0. The molecule has 0 atom stereocenters. The zero-order valence-electron chi connectivity index (χ0n) is 37.1. The van der Waals surface area contributed by atoms with Crippen LogP contribution in [0.3, 0.4) is 0 Å². The summed E-state index contributed by atoms with van der Waals surface area (Å²) in [7, 11) is 3.94. The van der Waals surface area contributed by atoms with Gasteiger partial charge in [0, 0.05) is 98.1 Å². The molecule has 11 rings (SSSR count). The number of fused-ring (bicyclic) bond motifs is 10. The van der Waals surface area contributed by atoms with Gasteiger partial charge in [-0.1, -0.05) is 86.8 Å². The largest absolute Gasteiger partial charge is 0.545 e. The Morgan fingerprint density at radius 3 is 1.91 bits per heavy atom. The van der Waals surface area contributed by atoms with Gasteiger partial charge in [-0.2, -0.15) is 9.59 Å². The van der Waals surface area contributed by atoms with Crippen LogP contribution in [-0.2, 0) is 9.59 Å². The number of aromatic carboxylic acids is 2. The Bertz CT molecular complexity index is 3990. The van der Waals surface area contributed by atoms with Crippen molar-refractivity contribution in [2.24, 2.45) is 11.7 Å². The smallest absolute Gasteiger partial charge is 0.373 e. The first-order valence-electron chi connectivity index (χ1n) is 21.4. The van der Waals surface area contributed by atoms with Crippen LogP contribution in [0.15, 0.2) is 162 Å². The van der Waals surface area contributed by atoms with E-state index >= 15 is 0 Å². The summed E-state index contributed by atoms with van der Waals surface area (Å²) in [5, 5.41) is 34.4. The Morgan fingerprint density at radius 2 is 1.27 bits per heavy atom. The van der Waals surface area contributed by atoms with Crippen molar-refractivity contribution in [1.29, 1.82) is 0 Å². The summed E-state index contributed by atoms with van der Waals surface area (Å²) in [6, 6.07) is 49.4. The number of carboxylic acid groups (broad SMARTS) is 2. The van der Waals surface area contributed by atoms with Crippen LogP contribution in [0.5, 0.6) is 11.5 Å². The van der Waals surface area contributed by atoms with Gasteiger partial charge >= 0.3 is 12.1 Å². The van der Waals surface area contributed by atoms with Crippen LogP contribution in [0.25, 0.3) is 77.5 Å². The third-order valence-electron chi connectivity index (χ3n) is 12.1. The number of nitrogens with one attached hydrogen (secondary N) is 2. The van der Waals surface area contributed by atoms with Crippen molar-refractivity contribution in [3.8, 4) is 22.6 Å². The molecule has 0 radical (unpaired) electrons. The van der Waals surface area contributed by atoms with Crippen molar-refractivity contribution < 1.29 is 43.6 Å². The minimum atomic E-state index is -1.20. The molecule has 0 saturated carbocycles. The zero-order valence-corrected chi connectivity index (χ0v) is 37.1. The molecule has 2 heterocycles. The van der Waals surface area contributed by atoms with E-state index in [2.05, 4.69) is 17.1 Å². The molecule has 0 saturated heterocycles. The van der Waals surface area contributed by atoms with E-state index in [1.807, 2.05) is 152 Å². The number of nitrogens with two attached hydrogens (primary N) is 2. The Labute approximate surface area is 400 Å². The summed E-state index contributed by atoms with van der Waals surface area (Å²) >= 11 is 0. The number of carbonyl (C=O) groups is 2. The lowest BCUT2D eigenvalue weighted by Gasteiger charge is -2.25. The number of benzene rings is 9. The highest BCUT2D eigenvalue weighted by Gasteiger charge is 2.25. The first-order chi connectivity index (χ1) is 33.4. The van der Waals surface area contributed by atoms with Crippen LogP contribution in [0.2, 0.25) is 0 Å². The maximum Gasteiger partial charge on any atom is 0.373 e. The number of nitrogen functional groups attached to an aromatic ring is 1. The fraction of sp³-hybridized carbons (Fsp3) is 0.0526. The Morgan fingerprint density at radius 1 is 0.686 bits per heavy atom. The lowest BCUT2D eigenvalue weighted by Crippen LogP contribution is -2.83. The maximum atomic E-state index is 12.2. The minimum absolute atomic E-state index is 0. The van der Waals surface area contributed by atoms with Crippen molar-refractivity contribution in [2.45, 2.75) is 7.43 Å². The van der Waals surface area contributed by atoms with Gasteiger partial charge in [0.25, 0.3) is 0 Å². The second kappa shape index (κ2) is 19.4. The molecule has 0 bridgehead atoms. The first kappa shape index (κ1) is 47.0. The lowest BCUT2D eigenvalue weighted by molar-refractivity contribution is -0.512. The van der Waals surface area contributed by atoms with Gasteiger partial charge in [-0.3, -0.25) is 5.84 Å². The highest BCUT2D eigenvalue weighted by Crippen LogP contribution is 2.44. The molecule has 13 nitrogen and oxygen atoms in total. The third kappa shape index (κ3) is 8.41. The monoisotopic (exact) mass is 927 g/mol. The molecule has 0 fully saturated rings. The van der Waals surface area contributed by atoms with E-state index in [1.54, 1.807) is 24.3 Å². The Balaban J connectivity index is 0.000000177. The van der Waals surface area contributed by atoms with Crippen LogP contribution in [0.1, 0.15) is 39.3 Å². The van der Waals surface area contributed by atoms with Crippen LogP contribution >= 0.6 is 0 Å². The minimum Gasteiger partial charge on any atom is -0.545 e. The molecule has 9 aromatic carbocycles. The molecule has 346 valence electrons. The van der Waals surface area contributed by atoms with Crippen molar-refractivity contribution >= 4 is 95.9 Å². The van der Waals surface area contributed by atoms with Gasteiger partial charge in [-0.25, -0.2) is 10.6 Å². The summed E-state index contributed by atoms with van der Waals surface area (Å²) < 4.78 is 13.1. The van der Waals surface area contributed by atoms with Gasteiger partial charge in [-0.05, 0) is 99.2 Å². The highest BCUT2D eigenvalue weighted by molar-refractivity contribution is 6.21. The number of ether oxygens (including phenoxy) is 1. The zero-order chi connectivity index (χ0) is 48.5. The van der Waals surface area contributed by atoms with E-state index < -0.39 is 11.9 Å². The lowest BCUT2D eigenvalue weighted by atomic mass is 9.88. The van der Waals surface area contributed by atoms with E-state index in [4.69, 9.17) is 30.4 Å². The van der Waals surface area contributed by atoms with Crippen LogP contribution in [0.4, 0.5) is 11.4 Å². The molecule has 1 aliphatic rings. The third-order valence-corrected chi connectivity index (χ3v) is 12.1. The molecule has 10 aromatic rings. The number of hydrogen-bond acceptors (Lipinski definition) is 11. The van der Waals surface area contributed by atoms with Crippen LogP contribution in [0, 0.1) is 0 Å². The molecule has 70 heavy (non-hydrogen) atoms.